The fourth-order valence-corrected chi connectivity index (χ4v) is 2.14. The van der Waals surface area contributed by atoms with E-state index >= 15 is 0 Å². The summed E-state index contributed by atoms with van der Waals surface area (Å²) in [6.45, 7) is 1.71. The fourth-order valence-electron chi connectivity index (χ4n) is 1.78. The van der Waals surface area contributed by atoms with Gasteiger partial charge in [-0.3, -0.25) is 0 Å². The Hall–Kier alpha value is -1.76. The van der Waals surface area contributed by atoms with Crippen molar-refractivity contribution in [2.24, 2.45) is 0 Å². The van der Waals surface area contributed by atoms with Crippen LogP contribution in [0.4, 0.5) is 0 Å². The van der Waals surface area contributed by atoms with Gasteiger partial charge in [0.05, 0.1) is 0 Å². The number of benzene rings is 2. The fraction of sp³-hybridized carbons (Fsp3) is 0.188. The summed E-state index contributed by atoms with van der Waals surface area (Å²) in [5, 5.41) is 9.55. The third kappa shape index (κ3) is 3.87. The van der Waals surface area contributed by atoms with E-state index in [4.69, 9.17) is 9.47 Å². The summed E-state index contributed by atoms with van der Waals surface area (Å²) in [5.41, 5.74) is 0. The normalized spacial score (nSPS) is 13.2. The summed E-state index contributed by atoms with van der Waals surface area (Å²) >= 11 is 2.17. The first kappa shape index (κ1) is 15.6. The number of carboxylic acid groups (broad SMARTS) is 1. The van der Waals surface area contributed by atoms with E-state index in [9.17, 15) is 9.90 Å². The van der Waals surface area contributed by atoms with E-state index < -0.39 is 11.8 Å². The minimum absolute atomic E-state index is 0.170. The average Bonchev–Trinajstić information content (AvgIpc) is 2.49. The molecule has 0 spiro atoms. The Balaban J connectivity index is 2.28. The maximum absolute atomic E-state index is 11.7. The molecule has 2 aromatic rings. The molecule has 2 aromatic carbocycles. The van der Waals surface area contributed by atoms with Gasteiger partial charge in [0.1, 0.15) is 11.5 Å². The van der Waals surface area contributed by atoms with Crippen molar-refractivity contribution < 1.29 is 19.4 Å². The predicted octanol–water partition coefficient (Wildman–Crippen LogP) is 3.94. The van der Waals surface area contributed by atoms with Gasteiger partial charge in [0.2, 0.25) is 0 Å². The van der Waals surface area contributed by atoms with Gasteiger partial charge in [-0.1, -0.05) is 25.1 Å². The van der Waals surface area contributed by atoms with Crippen molar-refractivity contribution >= 4 is 28.6 Å². The number of para-hydroxylation sites is 1. The third-order valence-corrected chi connectivity index (χ3v) is 3.63. The minimum Gasteiger partial charge on any atom is -0.475 e. The topological polar surface area (TPSA) is 55.8 Å². The summed E-state index contributed by atoms with van der Waals surface area (Å²) in [5.74, 6) is -2.00. The molecule has 0 saturated carbocycles. The molecule has 0 bridgehead atoms. The summed E-state index contributed by atoms with van der Waals surface area (Å²) in [4.78, 5) is 11.7. The zero-order valence-electron chi connectivity index (χ0n) is 11.5. The molecule has 0 fully saturated rings. The lowest BCUT2D eigenvalue weighted by Crippen LogP contribution is -2.49. The maximum Gasteiger partial charge on any atom is 0.390 e. The Morgan fingerprint density at radius 3 is 2.05 bits per heavy atom. The monoisotopic (exact) mass is 398 g/mol. The van der Waals surface area contributed by atoms with Crippen molar-refractivity contribution in [3.8, 4) is 11.5 Å². The predicted molar refractivity (Wildman–Crippen MR) is 87.5 cm³/mol. The first-order chi connectivity index (χ1) is 10.1. The number of carboxylic acids is 1. The number of hydrogen-bond acceptors (Lipinski definition) is 3. The number of rotatable bonds is 6. The number of aliphatic carboxylic acids is 1. The molecule has 0 saturated heterocycles. The second-order valence-electron chi connectivity index (χ2n) is 4.38. The van der Waals surface area contributed by atoms with Crippen LogP contribution in [0, 0.1) is 3.57 Å². The quantitative estimate of drug-likeness (QED) is 0.592. The molecule has 0 aliphatic carbocycles. The number of carbonyl (C=O) groups is 1. The molecule has 0 aliphatic heterocycles. The van der Waals surface area contributed by atoms with Gasteiger partial charge < -0.3 is 14.6 Å². The Kier molecular flexibility index (Phi) is 5.06. The van der Waals surface area contributed by atoms with Crippen LogP contribution in [0.2, 0.25) is 0 Å². The number of ether oxygens (including phenoxy) is 2. The van der Waals surface area contributed by atoms with Crippen LogP contribution in [0.15, 0.2) is 54.6 Å². The summed E-state index contributed by atoms with van der Waals surface area (Å²) in [6.07, 6.45) is 0.170. The van der Waals surface area contributed by atoms with Crippen LogP contribution in [-0.4, -0.2) is 16.9 Å². The van der Waals surface area contributed by atoms with Gasteiger partial charge in [-0.25, -0.2) is 4.79 Å². The van der Waals surface area contributed by atoms with Crippen molar-refractivity contribution in [2.45, 2.75) is 19.1 Å². The molecule has 1 unspecified atom stereocenters. The Morgan fingerprint density at radius 2 is 1.57 bits per heavy atom. The zero-order valence-corrected chi connectivity index (χ0v) is 13.6. The molecule has 1 atom stereocenters. The molecule has 0 aromatic heterocycles. The smallest absolute Gasteiger partial charge is 0.390 e. The zero-order chi connectivity index (χ0) is 15.3. The molecule has 0 amide bonds. The second kappa shape index (κ2) is 6.80. The highest BCUT2D eigenvalue weighted by atomic mass is 127. The molecule has 0 radical (unpaired) electrons. The number of halogens is 1. The van der Waals surface area contributed by atoms with Crippen LogP contribution >= 0.6 is 22.6 Å². The van der Waals surface area contributed by atoms with Crippen LogP contribution in [0.3, 0.4) is 0 Å². The van der Waals surface area contributed by atoms with Crippen molar-refractivity contribution in [3.63, 3.8) is 0 Å². The van der Waals surface area contributed by atoms with Crippen LogP contribution in [0.25, 0.3) is 0 Å². The molecule has 0 heterocycles. The summed E-state index contributed by atoms with van der Waals surface area (Å²) < 4.78 is 12.3. The second-order valence-corrected chi connectivity index (χ2v) is 5.63. The molecule has 110 valence electrons. The molecule has 0 aliphatic rings. The minimum atomic E-state index is -1.74. The van der Waals surface area contributed by atoms with Gasteiger partial charge in [-0.05, 0) is 59.0 Å². The van der Waals surface area contributed by atoms with Gasteiger partial charge >= 0.3 is 11.8 Å². The van der Waals surface area contributed by atoms with Crippen LogP contribution in [0.5, 0.6) is 11.5 Å². The van der Waals surface area contributed by atoms with Gasteiger partial charge in [0.25, 0.3) is 0 Å². The Labute approximate surface area is 136 Å². The lowest BCUT2D eigenvalue weighted by Gasteiger charge is -2.29. The van der Waals surface area contributed by atoms with E-state index in [1.165, 1.54) is 0 Å². The molecule has 2 rings (SSSR count). The highest BCUT2D eigenvalue weighted by Crippen LogP contribution is 2.26. The Bertz CT molecular complexity index is 597. The highest BCUT2D eigenvalue weighted by molar-refractivity contribution is 14.1. The van der Waals surface area contributed by atoms with Crippen molar-refractivity contribution in [3.05, 3.63) is 58.2 Å². The van der Waals surface area contributed by atoms with Gasteiger partial charge in [-0.2, -0.15) is 0 Å². The van der Waals surface area contributed by atoms with Crippen molar-refractivity contribution in [1.29, 1.82) is 0 Å². The molecule has 21 heavy (non-hydrogen) atoms. The third-order valence-electron chi connectivity index (χ3n) is 2.91. The van der Waals surface area contributed by atoms with E-state index in [1.807, 2.05) is 18.2 Å². The van der Waals surface area contributed by atoms with Gasteiger partial charge in [-0.15, -0.1) is 0 Å². The van der Waals surface area contributed by atoms with E-state index in [2.05, 4.69) is 22.6 Å². The highest BCUT2D eigenvalue weighted by Gasteiger charge is 2.42. The molecule has 1 N–H and O–H groups in total. The van der Waals surface area contributed by atoms with Crippen LogP contribution in [-0.2, 0) is 4.79 Å². The SMILES string of the molecule is CCC(Oc1ccccc1)(Oc1ccc(I)cc1)C(=O)O. The lowest BCUT2D eigenvalue weighted by molar-refractivity contribution is -0.186. The van der Waals surface area contributed by atoms with Gasteiger partial charge in [0, 0.05) is 9.99 Å². The van der Waals surface area contributed by atoms with E-state index in [0.29, 0.717) is 11.5 Å². The summed E-state index contributed by atoms with van der Waals surface area (Å²) in [7, 11) is 0. The molecule has 4 nitrogen and oxygen atoms in total. The molecular weight excluding hydrogens is 383 g/mol. The van der Waals surface area contributed by atoms with E-state index in [0.717, 1.165) is 3.57 Å². The van der Waals surface area contributed by atoms with Crippen molar-refractivity contribution in [1.82, 2.24) is 0 Å². The van der Waals surface area contributed by atoms with Crippen LogP contribution < -0.4 is 9.47 Å². The van der Waals surface area contributed by atoms with Crippen molar-refractivity contribution in [2.75, 3.05) is 0 Å². The van der Waals surface area contributed by atoms with Gasteiger partial charge in [0.15, 0.2) is 0 Å². The van der Waals surface area contributed by atoms with Crippen LogP contribution in [0.1, 0.15) is 13.3 Å². The average molecular weight is 398 g/mol. The largest absolute Gasteiger partial charge is 0.475 e. The Morgan fingerprint density at radius 1 is 1.05 bits per heavy atom. The first-order valence-corrected chi connectivity index (χ1v) is 7.55. The standard InChI is InChI=1S/C16H15IO4/c1-2-16(15(18)19,20-13-6-4-3-5-7-13)21-14-10-8-12(17)9-11-14/h3-11H,2H2,1H3,(H,18,19). The molecular formula is C16H15IO4. The van der Waals surface area contributed by atoms with E-state index in [-0.39, 0.29) is 6.42 Å². The summed E-state index contributed by atoms with van der Waals surface area (Å²) in [6, 6.07) is 15.9. The molecule has 5 heteroatoms. The van der Waals surface area contributed by atoms with E-state index in [1.54, 1.807) is 43.3 Å². The lowest BCUT2D eigenvalue weighted by atomic mass is 10.2. The number of hydrogen-bond donors (Lipinski definition) is 1. The maximum atomic E-state index is 11.7. The first-order valence-electron chi connectivity index (χ1n) is 6.48.